The first-order valence-electron chi connectivity index (χ1n) is 9.08. The molecule has 0 atom stereocenters. The normalized spacial score (nSPS) is 11.2. The molecule has 0 saturated carbocycles. The van der Waals surface area contributed by atoms with Gasteiger partial charge in [-0.25, -0.2) is 4.79 Å². The van der Waals surface area contributed by atoms with Gasteiger partial charge in [0.25, 0.3) is 0 Å². The number of amides is 1. The first kappa shape index (κ1) is 20.3. The Morgan fingerprint density at radius 3 is 2.29 bits per heavy atom. The van der Waals surface area contributed by atoms with Crippen molar-refractivity contribution in [2.24, 2.45) is 0 Å². The summed E-state index contributed by atoms with van der Waals surface area (Å²) in [6, 6.07) is 9.67. The maximum atomic E-state index is 12.4. The van der Waals surface area contributed by atoms with Crippen LogP contribution in [0.1, 0.15) is 59.8 Å². The van der Waals surface area contributed by atoms with Gasteiger partial charge in [0.05, 0.1) is 6.54 Å². The van der Waals surface area contributed by atoms with Crippen LogP contribution < -0.4 is 4.74 Å². The third-order valence-corrected chi connectivity index (χ3v) is 3.56. The molecule has 0 saturated heterocycles. The van der Waals surface area contributed by atoms with Crippen LogP contribution in [0.2, 0.25) is 0 Å². The molecule has 0 unspecified atom stereocenters. The van der Waals surface area contributed by atoms with Crippen LogP contribution in [0.25, 0.3) is 0 Å². The summed E-state index contributed by atoms with van der Waals surface area (Å²) in [5, 5.41) is 0. The van der Waals surface area contributed by atoms with Crippen molar-refractivity contribution < 1.29 is 14.3 Å². The van der Waals surface area contributed by atoms with Gasteiger partial charge in [0.15, 0.2) is 0 Å². The summed E-state index contributed by atoms with van der Waals surface area (Å²) < 4.78 is 11.2. The number of unbranched alkanes of at least 4 members (excludes halogenated alkanes) is 4. The number of carbonyl (C=O) groups is 1. The molecule has 24 heavy (non-hydrogen) atoms. The predicted molar refractivity (Wildman–Crippen MR) is 98.5 cm³/mol. The Balaban J connectivity index is 2.45. The topological polar surface area (TPSA) is 38.8 Å². The van der Waals surface area contributed by atoms with E-state index < -0.39 is 5.60 Å². The quantitative estimate of drug-likeness (QED) is 0.547. The summed E-state index contributed by atoms with van der Waals surface area (Å²) in [5.41, 5.74) is -0.474. The van der Waals surface area contributed by atoms with E-state index in [0.29, 0.717) is 13.2 Å². The molecule has 0 heterocycles. The largest absolute Gasteiger partial charge is 0.492 e. The second-order valence-corrected chi connectivity index (χ2v) is 7.04. The molecule has 4 heteroatoms. The van der Waals surface area contributed by atoms with Crippen LogP contribution >= 0.6 is 0 Å². The minimum absolute atomic E-state index is 0.255. The average Bonchev–Trinajstić information content (AvgIpc) is 2.52. The highest BCUT2D eigenvalue weighted by molar-refractivity contribution is 5.68. The summed E-state index contributed by atoms with van der Waals surface area (Å²) >= 11 is 0. The van der Waals surface area contributed by atoms with Gasteiger partial charge >= 0.3 is 6.09 Å². The van der Waals surface area contributed by atoms with Gasteiger partial charge in [0, 0.05) is 6.54 Å². The van der Waals surface area contributed by atoms with E-state index in [0.717, 1.165) is 25.1 Å². The molecule has 4 nitrogen and oxygen atoms in total. The fourth-order valence-electron chi connectivity index (χ4n) is 2.32. The molecule has 1 aromatic carbocycles. The lowest BCUT2D eigenvalue weighted by Gasteiger charge is -2.27. The summed E-state index contributed by atoms with van der Waals surface area (Å²) in [4.78, 5) is 14.1. The van der Waals surface area contributed by atoms with E-state index >= 15 is 0 Å². The minimum Gasteiger partial charge on any atom is -0.492 e. The Morgan fingerprint density at radius 1 is 1.00 bits per heavy atom. The molecule has 136 valence electrons. The predicted octanol–water partition coefficient (Wildman–Crippen LogP) is 5.27. The van der Waals surface area contributed by atoms with Crippen LogP contribution in [0, 0.1) is 0 Å². The van der Waals surface area contributed by atoms with Gasteiger partial charge < -0.3 is 14.4 Å². The zero-order chi connectivity index (χ0) is 17.8. The molecular weight excluding hydrogens is 302 g/mol. The molecule has 1 amide bonds. The number of carbonyl (C=O) groups excluding carboxylic acids is 1. The van der Waals surface area contributed by atoms with E-state index in [4.69, 9.17) is 9.47 Å². The van der Waals surface area contributed by atoms with Crippen LogP contribution in [0.4, 0.5) is 4.79 Å². The number of hydrogen-bond acceptors (Lipinski definition) is 3. The van der Waals surface area contributed by atoms with Gasteiger partial charge in [0.1, 0.15) is 18.0 Å². The van der Waals surface area contributed by atoms with Crippen molar-refractivity contribution in [2.45, 2.75) is 65.4 Å². The average molecular weight is 335 g/mol. The second kappa shape index (κ2) is 11.0. The Labute approximate surface area is 147 Å². The van der Waals surface area contributed by atoms with E-state index in [2.05, 4.69) is 6.92 Å². The molecule has 0 bridgehead atoms. The number of nitrogens with zero attached hydrogens (tertiary/aromatic N) is 1. The first-order chi connectivity index (χ1) is 11.4. The molecule has 0 N–H and O–H groups in total. The number of ether oxygens (including phenoxy) is 2. The van der Waals surface area contributed by atoms with Crippen molar-refractivity contribution >= 4 is 6.09 Å². The van der Waals surface area contributed by atoms with Crippen LogP contribution in [-0.4, -0.2) is 36.3 Å². The Morgan fingerprint density at radius 2 is 1.67 bits per heavy atom. The lowest BCUT2D eigenvalue weighted by molar-refractivity contribution is 0.0223. The molecule has 0 aliphatic carbocycles. The van der Waals surface area contributed by atoms with Crippen molar-refractivity contribution in [2.75, 3.05) is 19.7 Å². The van der Waals surface area contributed by atoms with E-state index in [1.165, 1.54) is 19.3 Å². The van der Waals surface area contributed by atoms with Crippen LogP contribution in [0.5, 0.6) is 5.75 Å². The molecule has 0 aromatic heterocycles. The summed E-state index contributed by atoms with van der Waals surface area (Å²) in [6.07, 6.45) is 5.59. The fraction of sp³-hybridized carbons (Fsp3) is 0.650. The van der Waals surface area contributed by atoms with Crippen molar-refractivity contribution in [3.63, 3.8) is 0 Å². The van der Waals surface area contributed by atoms with Crippen LogP contribution in [0.3, 0.4) is 0 Å². The van der Waals surface area contributed by atoms with Gasteiger partial charge in [0.2, 0.25) is 0 Å². The fourth-order valence-corrected chi connectivity index (χ4v) is 2.32. The molecule has 1 rings (SSSR count). The molecule has 0 fully saturated rings. The summed E-state index contributed by atoms with van der Waals surface area (Å²) in [6.45, 7) is 9.61. The molecular formula is C20H33NO3. The van der Waals surface area contributed by atoms with E-state index in [1.54, 1.807) is 4.90 Å². The van der Waals surface area contributed by atoms with Crippen molar-refractivity contribution in [1.29, 1.82) is 0 Å². The maximum absolute atomic E-state index is 12.4. The SMILES string of the molecule is CCCCCCCN(CCOc1ccccc1)C(=O)OC(C)(C)C. The highest BCUT2D eigenvalue weighted by atomic mass is 16.6. The van der Waals surface area contributed by atoms with E-state index in [1.807, 2.05) is 51.1 Å². The monoisotopic (exact) mass is 335 g/mol. The third kappa shape index (κ3) is 9.43. The Kier molecular flexibility index (Phi) is 9.28. The van der Waals surface area contributed by atoms with Gasteiger partial charge in [-0.2, -0.15) is 0 Å². The van der Waals surface area contributed by atoms with Gasteiger partial charge in [-0.15, -0.1) is 0 Å². The molecule has 0 spiro atoms. The Hall–Kier alpha value is -1.71. The summed E-state index contributed by atoms with van der Waals surface area (Å²) in [7, 11) is 0. The van der Waals surface area contributed by atoms with Crippen molar-refractivity contribution in [1.82, 2.24) is 4.90 Å². The van der Waals surface area contributed by atoms with E-state index in [-0.39, 0.29) is 6.09 Å². The van der Waals surface area contributed by atoms with E-state index in [9.17, 15) is 4.79 Å². The molecule has 0 radical (unpaired) electrons. The molecule has 0 aliphatic heterocycles. The lowest BCUT2D eigenvalue weighted by Crippen LogP contribution is -2.39. The zero-order valence-corrected chi connectivity index (χ0v) is 15.7. The number of benzene rings is 1. The van der Waals surface area contributed by atoms with Gasteiger partial charge in [-0.05, 0) is 39.3 Å². The number of para-hydroxylation sites is 1. The van der Waals surface area contributed by atoms with Crippen molar-refractivity contribution in [3.8, 4) is 5.75 Å². The van der Waals surface area contributed by atoms with Gasteiger partial charge in [-0.3, -0.25) is 0 Å². The maximum Gasteiger partial charge on any atom is 0.410 e. The highest BCUT2D eigenvalue weighted by Gasteiger charge is 2.21. The smallest absolute Gasteiger partial charge is 0.410 e. The molecule has 0 aliphatic rings. The first-order valence-corrected chi connectivity index (χ1v) is 9.08. The second-order valence-electron chi connectivity index (χ2n) is 7.04. The third-order valence-electron chi connectivity index (χ3n) is 3.56. The van der Waals surface area contributed by atoms with Crippen LogP contribution in [0.15, 0.2) is 30.3 Å². The van der Waals surface area contributed by atoms with Crippen molar-refractivity contribution in [3.05, 3.63) is 30.3 Å². The summed E-state index contributed by atoms with van der Waals surface area (Å²) in [5.74, 6) is 0.824. The molecule has 1 aromatic rings. The lowest BCUT2D eigenvalue weighted by atomic mass is 10.1. The van der Waals surface area contributed by atoms with Gasteiger partial charge in [-0.1, -0.05) is 50.8 Å². The highest BCUT2D eigenvalue weighted by Crippen LogP contribution is 2.12. The van der Waals surface area contributed by atoms with Crippen LogP contribution in [-0.2, 0) is 4.74 Å². The minimum atomic E-state index is -0.474. The standard InChI is InChI=1S/C20H33NO3/c1-5-6-7-8-12-15-21(19(22)24-20(2,3)4)16-17-23-18-13-10-9-11-14-18/h9-11,13-14H,5-8,12,15-17H2,1-4H3. The zero-order valence-electron chi connectivity index (χ0n) is 15.7. The number of hydrogen-bond donors (Lipinski definition) is 0. The Bertz CT molecular complexity index is 454. The number of rotatable bonds is 10.